The summed E-state index contributed by atoms with van der Waals surface area (Å²) in [6.07, 6.45) is 0.775. The fourth-order valence-corrected chi connectivity index (χ4v) is 2.97. The van der Waals surface area contributed by atoms with Gasteiger partial charge in [0.15, 0.2) is 5.78 Å². The molecule has 3 heteroatoms. The molecule has 1 saturated heterocycles. The van der Waals surface area contributed by atoms with E-state index in [1.165, 1.54) is 0 Å². The minimum atomic E-state index is 0.166. The number of ether oxygens (including phenoxy) is 1. The topological polar surface area (TPSA) is 46.5 Å². The highest BCUT2D eigenvalue weighted by Gasteiger charge is 2.32. The van der Waals surface area contributed by atoms with Crippen molar-refractivity contribution in [3.63, 3.8) is 0 Å². The van der Waals surface area contributed by atoms with Gasteiger partial charge in [0.25, 0.3) is 0 Å². The first kappa shape index (κ1) is 14.1. The normalized spacial score (nSPS) is 25.3. The van der Waals surface area contributed by atoms with Gasteiger partial charge in [0.1, 0.15) is 5.75 Å². The van der Waals surface area contributed by atoms with Gasteiger partial charge < -0.3 is 9.84 Å². The SMILES string of the molecule is CC1OC[C@@H](CC(=O)c2ccc3cc(O)ccc3c2)C1C. The number of fused-ring (bicyclic) bond motifs is 1. The smallest absolute Gasteiger partial charge is 0.163 e. The summed E-state index contributed by atoms with van der Waals surface area (Å²) in [5, 5.41) is 11.4. The molecule has 2 unspecified atom stereocenters. The fraction of sp³-hybridized carbons (Fsp3) is 0.389. The van der Waals surface area contributed by atoms with E-state index in [0.29, 0.717) is 24.9 Å². The molecule has 3 rings (SSSR count). The van der Waals surface area contributed by atoms with Gasteiger partial charge in [-0.3, -0.25) is 4.79 Å². The van der Waals surface area contributed by atoms with Crippen molar-refractivity contribution in [2.24, 2.45) is 11.8 Å². The zero-order chi connectivity index (χ0) is 15.0. The van der Waals surface area contributed by atoms with Crippen molar-refractivity contribution >= 4 is 16.6 Å². The third-order valence-electron chi connectivity index (χ3n) is 4.65. The number of benzene rings is 2. The molecule has 0 amide bonds. The van der Waals surface area contributed by atoms with Crippen molar-refractivity contribution in [1.82, 2.24) is 0 Å². The van der Waals surface area contributed by atoms with Crippen LogP contribution in [0.1, 0.15) is 30.6 Å². The Balaban J connectivity index is 1.80. The van der Waals surface area contributed by atoms with Crippen LogP contribution in [0.4, 0.5) is 0 Å². The lowest BCUT2D eigenvalue weighted by atomic mass is 9.87. The molecule has 0 bridgehead atoms. The monoisotopic (exact) mass is 284 g/mol. The van der Waals surface area contributed by atoms with E-state index >= 15 is 0 Å². The predicted molar refractivity (Wildman–Crippen MR) is 82.6 cm³/mol. The van der Waals surface area contributed by atoms with Crippen LogP contribution in [0.5, 0.6) is 5.75 Å². The van der Waals surface area contributed by atoms with Gasteiger partial charge in [0, 0.05) is 12.0 Å². The number of phenols is 1. The standard InChI is InChI=1S/C18H20O3/c1-11-12(2)21-10-16(11)9-18(20)15-4-3-14-8-17(19)6-5-13(14)7-15/h3-8,11-12,16,19H,9-10H2,1-2H3/t11?,12?,16-/m1/s1. The molecule has 21 heavy (non-hydrogen) atoms. The van der Waals surface area contributed by atoms with Crippen molar-refractivity contribution in [3.05, 3.63) is 42.0 Å². The van der Waals surface area contributed by atoms with Crippen molar-refractivity contribution in [1.29, 1.82) is 0 Å². The van der Waals surface area contributed by atoms with E-state index < -0.39 is 0 Å². The zero-order valence-corrected chi connectivity index (χ0v) is 12.4. The van der Waals surface area contributed by atoms with Crippen molar-refractivity contribution in [2.45, 2.75) is 26.4 Å². The maximum Gasteiger partial charge on any atom is 0.163 e. The van der Waals surface area contributed by atoms with Gasteiger partial charge in [0.2, 0.25) is 0 Å². The van der Waals surface area contributed by atoms with Crippen molar-refractivity contribution < 1.29 is 14.6 Å². The maximum absolute atomic E-state index is 12.5. The van der Waals surface area contributed by atoms with Crippen molar-refractivity contribution in [3.8, 4) is 5.75 Å². The average molecular weight is 284 g/mol. The van der Waals surface area contributed by atoms with E-state index in [4.69, 9.17) is 4.74 Å². The van der Waals surface area contributed by atoms with E-state index in [0.717, 1.165) is 16.3 Å². The first-order chi connectivity index (χ1) is 10.0. The fourth-order valence-electron chi connectivity index (χ4n) is 2.97. The van der Waals surface area contributed by atoms with Crippen LogP contribution in [0.2, 0.25) is 0 Å². The zero-order valence-electron chi connectivity index (χ0n) is 12.4. The second kappa shape index (κ2) is 5.49. The average Bonchev–Trinajstić information content (AvgIpc) is 2.78. The Morgan fingerprint density at radius 1 is 1.19 bits per heavy atom. The molecule has 0 saturated carbocycles. The lowest BCUT2D eigenvalue weighted by Crippen LogP contribution is -2.17. The first-order valence-electron chi connectivity index (χ1n) is 7.42. The van der Waals surface area contributed by atoms with Crippen LogP contribution in [0.25, 0.3) is 10.8 Å². The molecule has 110 valence electrons. The van der Waals surface area contributed by atoms with Crippen LogP contribution < -0.4 is 0 Å². The summed E-state index contributed by atoms with van der Waals surface area (Å²) in [6, 6.07) is 10.8. The summed E-state index contributed by atoms with van der Waals surface area (Å²) in [6.45, 7) is 4.89. The molecule has 1 aliphatic heterocycles. The highest BCUT2D eigenvalue weighted by atomic mass is 16.5. The number of carbonyl (C=O) groups excluding carboxylic acids is 1. The number of hydrogen-bond acceptors (Lipinski definition) is 3. The summed E-state index contributed by atoms with van der Waals surface area (Å²) < 4.78 is 5.62. The number of rotatable bonds is 3. The van der Waals surface area contributed by atoms with E-state index in [9.17, 15) is 9.90 Å². The van der Waals surface area contributed by atoms with Crippen molar-refractivity contribution in [2.75, 3.05) is 6.61 Å². The largest absolute Gasteiger partial charge is 0.508 e. The Hall–Kier alpha value is -1.87. The number of ketones is 1. The van der Waals surface area contributed by atoms with Gasteiger partial charge in [-0.15, -0.1) is 0 Å². The Morgan fingerprint density at radius 2 is 1.90 bits per heavy atom. The Morgan fingerprint density at radius 3 is 2.62 bits per heavy atom. The molecule has 1 aliphatic rings. The quantitative estimate of drug-likeness (QED) is 0.872. The van der Waals surface area contributed by atoms with Crippen LogP contribution in [0, 0.1) is 11.8 Å². The molecule has 3 nitrogen and oxygen atoms in total. The van der Waals surface area contributed by atoms with Gasteiger partial charge in [-0.25, -0.2) is 0 Å². The van der Waals surface area contributed by atoms with E-state index in [1.807, 2.05) is 24.3 Å². The van der Waals surface area contributed by atoms with Crippen LogP contribution in [0.15, 0.2) is 36.4 Å². The molecule has 0 spiro atoms. The summed E-state index contributed by atoms with van der Waals surface area (Å²) in [7, 11) is 0. The second-order valence-corrected chi connectivity index (χ2v) is 6.03. The third kappa shape index (κ3) is 2.79. The molecule has 1 fully saturated rings. The molecular weight excluding hydrogens is 264 g/mol. The predicted octanol–water partition coefficient (Wildman–Crippen LogP) is 3.79. The van der Waals surface area contributed by atoms with Crippen LogP contribution >= 0.6 is 0 Å². The summed E-state index contributed by atoms with van der Waals surface area (Å²) >= 11 is 0. The highest BCUT2D eigenvalue weighted by Crippen LogP contribution is 2.30. The summed E-state index contributed by atoms with van der Waals surface area (Å²) in [4.78, 5) is 12.5. The number of Topliss-reactive ketones (excluding diaryl/α,β-unsaturated/α-hetero) is 1. The summed E-state index contributed by atoms with van der Waals surface area (Å²) in [5.74, 6) is 1.14. The number of carbonyl (C=O) groups is 1. The van der Waals surface area contributed by atoms with E-state index in [2.05, 4.69) is 13.8 Å². The summed E-state index contributed by atoms with van der Waals surface area (Å²) in [5.41, 5.74) is 0.736. The molecular formula is C18H20O3. The van der Waals surface area contributed by atoms with E-state index in [-0.39, 0.29) is 17.6 Å². The van der Waals surface area contributed by atoms with Crippen LogP contribution in [-0.2, 0) is 4.74 Å². The van der Waals surface area contributed by atoms with E-state index in [1.54, 1.807) is 12.1 Å². The maximum atomic E-state index is 12.5. The second-order valence-electron chi connectivity index (χ2n) is 6.03. The number of hydrogen-bond donors (Lipinski definition) is 1. The van der Waals surface area contributed by atoms with Gasteiger partial charge in [0.05, 0.1) is 12.7 Å². The molecule has 0 aromatic heterocycles. The lowest BCUT2D eigenvalue weighted by molar-refractivity contribution is 0.0938. The van der Waals surface area contributed by atoms with Crippen LogP contribution in [-0.4, -0.2) is 23.6 Å². The highest BCUT2D eigenvalue weighted by molar-refractivity contribution is 6.00. The third-order valence-corrected chi connectivity index (χ3v) is 4.65. The molecule has 0 radical (unpaired) electrons. The molecule has 2 aromatic rings. The van der Waals surface area contributed by atoms with Gasteiger partial charge in [-0.05, 0) is 47.7 Å². The minimum Gasteiger partial charge on any atom is -0.508 e. The molecule has 0 aliphatic carbocycles. The van der Waals surface area contributed by atoms with Crippen LogP contribution in [0.3, 0.4) is 0 Å². The molecule has 1 N–H and O–H groups in total. The number of aromatic hydroxyl groups is 1. The number of phenolic OH excluding ortho intramolecular Hbond substituents is 1. The lowest BCUT2D eigenvalue weighted by Gasteiger charge is -2.14. The molecule has 2 aromatic carbocycles. The molecule has 3 atom stereocenters. The Labute approximate surface area is 124 Å². The first-order valence-corrected chi connectivity index (χ1v) is 7.42. The Kier molecular flexibility index (Phi) is 3.68. The van der Waals surface area contributed by atoms with Gasteiger partial charge in [-0.2, -0.15) is 0 Å². The van der Waals surface area contributed by atoms with Gasteiger partial charge in [-0.1, -0.05) is 25.1 Å². The van der Waals surface area contributed by atoms with Gasteiger partial charge >= 0.3 is 0 Å². The minimum absolute atomic E-state index is 0.166. The Bertz CT molecular complexity index is 677. The molecule has 1 heterocycles.